The normalized spacial score (nSPS) is 17.0. The van der Waals surface area contributed by atoms with Crippen LogP contribution in [-0.4, -0.2) is 39.3 Å². The van der Waals surface area contributed by atoms with Crippen LogP contribution in [0.2, 0.25) is 0 Å². The molecule has 1 atom stereocenters. The number of halogens is 1. The lowest BCUT2D eigenvalue weighted by Crippen LogP contribution is -2.41. The van der Waals surface area contributed by atoms with Gasteiger partial charge < -0.3 is 20.1 Å². The number of nitrogens with one attached hydrogen (secondary N) is 2. The molecule has 0 unspecified atom stereocenters. The number of hydrogen-bond acceptors (Lipinski definition) is 4. The summed E-state index contributed by atoms with van der Waals surface area (Å²) in [5.74, 6) is 1.53. The molecule has 1 fully saturated rings. The van der Waals surface area contributed by atoms with Crippen molar-refractivity contribution in [2.24, 2.45) is 0 Å². The Labute approximate surface area is 131 Å². The smallest absolute Gasteiger partial charge is 0.237 e. The first kappa shape index (κ1) is 17.6. The quantitative estimate of drug-likeness (QED) is 0.836. The standard InChI is InChI=1S/C15H22N2O3.ClH/c1-19-13-6-5-11(10-14(13)20-2)7-9-17-15(18)12-4-3-8-16-12;/h5-6,10,12,16H,3-4,7-9H2,1-2H3,(H,17,18);1H/t12-;/m0./s1. The topological polar surface area (TPSA) is 59.6 Å². The van der Waals surface area contributed by atoms with Gasteiger partial charge in [-0.1, -0.05) is 6.07 Å². The lowest BCUT2D eigenvalue weighted by Gasteiger charge is -2.12. The van der Waals surface area contributed by atoms with Crippen molar-refractivity contribution in [2.45, 2.75) is 25.3 Å². The third-order valence-corrected chi connectivity index (χ3v) is 3.54. The summed E-state index contributed by atoms with van der Waals surface area (Å²) in [6.07, 6.45) is 2.79. The summed E-state index contributed by atoms with van der Waals surface area (Å²) in [5.41, 5.74) is 1.11. The fourth-order valence-corrected chi connectivity index (χ4v) is 2.40. The first-order chi connectivity index (χ1) is 9.74. The maximum absolute atomic E-state index is 11.8. The van der Waals surface area contributed by atoms with Crippen LogP contribution >= 0.6 is 12.4 Å². The number of amides is 1. The van der Waals surface area contributed by atoms with Crippen molar-refractivity contribution >= 4 is 18.3 Å². The van der Waals surface area contributed by atoms with E-state index in [1.165, 1.54) is 0 Å². The van der Waals surface area contributed by atoms with Crippen LogP contribution in [0.15, 0.2) is 18.2 Å². The molecule has 0 aliphatic carbocycles. The van der Waals surface area contributed by atoms with Gasteiger partial charge in [0.15, 0.2) is 11.5 Å². The molecular formula is C15H23ClN2O3. The summed E-state index contributed by atoms with van der Waals surface area (Å²) >= 11 is 0. The van der Waals surface area contributed by atoms with Gasteiger partial charge in [0.2, 0.25) is 5.91 Å². The van der Waals surface area contributed by atoms with Gasteiger partial charge in [-0.05, 0) is 43.5 Å². The maximum atomic E-state index is 11.8. The van der Waals surface area contributed by atoms with Crippen molar-refractivity contribution < 1.29 is 14.3 Å². The molecule has 1 aliphatic heterocycles. The molecular weight excluding hydrogens is 292 g/mol. The van der Waals surface area contributed by atoms with Crippen LogP contribution in [0, 0.1) is 0 Å². The van der Waals surface area contributed by atoms with E-state index in [4.69, 9.17) is 9.47 Å². The van der Waals surface area contributed by atoms with Crippen molar-refractivity contribution in [3.63, 3.8) is 0 Å². The van der Waals surface area contributed by atoms with Gasteiger partial charge in [-0.3, -0.25) is 4.79 Å². The van der Waals surface area contributed by atoms with Crippen LogP contribution in [0.1, 0.15) is 18.4 Å². The van der Waals surface area contributed by atoms with E-state index in [0.29, 0.717) is 12.3 Å². The first-order valence-corrected chi connectivity index (χ1v) is 6.96. The number of carbonyl (C=O) groups excluding carboxylic acids is 1. The largest absolute Gasteiger partial charge is 0.493 e. The van der Waals surface area contributed by atoms with Gasteiger partial charge in [0, 0.05) is 6.54 Å². The number of ether oxygens (including phenoxy) is 2. The molecule has 0 bridgehead atoms. The SMILES string of the molecule is COc1ccc(CCNC(=O)[C@@H]2CCCN2)cc1OC.Cl. The van der Waals surface area contributed by atoms with E-state index < -0.39 is 0 Å². The van der Waals surface area contributed by atoms with Crippen LogP contribution in [0.25, 0.3) is 0 Å². The number of hydrogen-bond donors (Lipinski definition) is 2. The van der Waals surface area contributed by atoms with Gasteiger partial charge in [-0.15, -0.1) is 12.4 Å². The van der Waals surface area contributed by atoms with E-state index >= 15 is 0 Å². The summed E-state index contributed by atoms with van der Waals surface area (Å²) in [4.78, 5) is 11.8. The second-order valence-electron chi connectivity index (χ2n) is 4.88. The highest BCUT2D eigenvalue weighted by Gasteiger charge is 2.21. The minimum atomic E-state index is -0.0135. The second-order valence-corrected chi connectivity index (χ2v) is 4.88. The van der Waals surface area contributed by atoms with Gasteiger partial charge in [-0.25, -0.2) is 0 Å². The van der Waals surface area contributed by atoms with Crippen LogP contribution in [0.5, 0.6) is 11.5 Å². The Morgan fingerprint density at radius 2 is 2.10 bits per heavy atom. The zero-order valence-electron chi connectivity index (χ0n) is 12.5. The highest BCUT2D eigenvalue weighted by molar-refractivity contribution is 5.85. The number of benzene rings is 1. The van der Waals surface area contributed by atoms with Crippen LogP contribution in [0.4, 0.5) is 0 Å². The van der Waals surface area contributed by atoms with E-state index in [9.17, 15) is 4.79 Å². The Morgan fingerprint density at radius 3 is 2.71 bits per heavy atom. The third kappa shape index (κ3) is 4.79. The molecule has 0 radical (unpaired) electrons. The Kier molecular flexibility index (Phi) is 7.32. The molecule has 5 nitrogen and oxygen atoms in total. The zero-order chi connectivity index (χ0) is 14.4. The van der Waals surface area contributed by atoms with Gasteiger partial charge in [0.25, 0.3) is 0 Å². The van der Waals surface area contributed by atoms with E-state index in [2.05, 4.69) is 10.6 Å². The first-order valence-electron chi connectivity index (χ1n) is 6.96. The zero-order valence-corrected chi connectivity index (χ0v) is 13.3. The minimum Gasteiger partial charge on any atom is -0.493 e. The van der Waals surface area contributed by atoms with E-state index in [0.717, 1.165) is 37.1 Å². The molecule has 1 aromatic rings. The highest BCUT2D eigenvalue weighted by atomic mass is 35.5. The Hall–Kier alpha value is -1.46. The molecule has 2 rings (SSSR count). The van der Waals surface area contributed by atoms with Crippen molar-refractivity contribution in [1.29, 1.82) is 0 Å². The van der Waals surface area contributed by atoms with E-state index in [-0.39, 0.29) is 24.4 Å². The molecule has 118 valence electrons. The molecule has 21 heavy (non-hydrogen) atoms. The molecule has 1 amide bonds. The van der Waals surface area contributed by atoms with Crippen molar-refractivity contribution in [2.75, 3.05) is 27.3 Å². The van der Waals surface area contributed by atoms with Crippen LogP contribution in [0.3, 0.4) is 0 Å². The molecule has 0 aromatic heterocycles. The predicted molar refractivity (Wildman–Crippen MR) is 84.5 cm³/mol. The fraction of sp³-hybridized carbons (Fsp3) is 0.533. The van der Waals surface area contributed by atoms with Gasteiger partial charge in [0.1, 0.15) is 0 Å². The Bertz CT molecular complexity index is 462. The number of carbonyl (C=O) groups is 1. The summed E-state index contributed by atoms with van der Waals surface area (Å²) in [6.45, 7) is 1.57. The summed E-state index contributed by atoms with van der Waals surface area (Å²) < 4.78 is 10.5. The number of rotatable bonds is 6. The Balaban J connectivity index is 0.00000220. The molecule has 1 aliphatic rings. The van der Waals surface area contributed by atoms with Gasteiger partial charge >= 0.3 is 0 Å². The Morgan fingerprint density at radius 1 is 1.33 bits per heavy atom. The van der Waals surface area contributed by atoms with Gasteiger partial charge in [-0.2, -0.15) is 0 Å². The average molecular weight is 315 g/mol. The maximum Gasteiger partial charge on any atom is 0.237 e. The van der Waals surface area contributed by atoms with Crippen molar-refractivity contribution in [3.8, 4) is 11.5 Å². The summed E-state index contributed by atoms with van der Waals surface area (Å²) in [6, 6.07) is 5.80. The van der Waals surface area contributed by atoms with Crippen LogP contribution < -0.4 is 20.1 Å². The average Bonchev–Trinajstić information content (AvgIpc) is 3.01. The highest BCUT2D eigenvalue weighted by Crippen LogP contribution is 2.27. The minimum absolute atomic E-state index is 0. The molecule has 1 heterocycles. The van der Waals surface area contributed by atoms with E-state index in [1.54, 1.807) is 14.2 Å². The second kappa shape index (κ2) is 8.74. The molecule has 6 heteroatoms. The molecule has 0 saturated carbocycles. The number of methoxy groups -OCH3 is 2. The third-order valence-electron chi connectivity index (χ3n) is 3.54. The summed E-state index contributed by atoms with van der Waals surface area (Å²) in [5, 5.41) is 6.16. The lowest BCUT2D eigenvalue weighted by atomic mass is 10.1. The van der Waals surface area contributed by atoms with Crippen molar-refractivity contribution in [1.82, 2.24) is 10.6 Å². The van der Waals surface area contributed by atoms with E-state index in [1.807, 2.05) is 18.2 Å². The summed E-state index contributed by atoms with van der Waals surface area (Å²) in [7, 11) is 3.24. The molecule has 1 saturated heterocycles. The molecule has 0 spiro atoms. The lowest BCUT2D eigenvalue weighted by molar-refractivity contribution is -0.122. The van der Waals surface area contributed by atoms with Crippen molar-refractivity contribution in [3.05, 3.63) is 23.8 Å². The molecule has 2 N–H and O–H groups in total. The monoisotopic (exact) mass is 314 g/mol. The van der Waals surface area contributed by atoms with Gasteiger partial charge in [0.05, 0.1) is 20.3 Å². The fourth-order valence-electron chi connectivity index (χ4n) is 2.40. The molecule has 1 aromatic carbocycles. The van der Waals surface area contributed by atoms with Crippen LogP contribution in [-0.2, 0) is 11.2 Å². The predicted octanol–water partition coefficient (Wildman–Crippen LogP) is 1.54.